The van der Waals surface area contributed by atoms with Crippen molar-refractivity contribution in [2.75, 3.05) is 25.3 Å². The number of methoxy groups -OCH3 is 1. The fourth-order valence-corrected chi connectivity index (χ4v) is 2.07. The Labute approximate surface area is 171 Å². The lowest BCUT2D eigenvalue weighted by atomic mass is 10.3. The summed E-state index contributed by atoms with van der Waals surface area (Å²) in [7, 11) is 1.24. The molecule has 1 aromatic rings. The Bertz CT molecular complexity index is 743. The van der Waals surface area contributed by atoms with Gasteiger partial charge in [0.1, 0.15) is 0 Å². The van der Waals surface area contributed by atoms with Crippen LogP contribution >= 0.6 is 24.4 Å². The first-order valence-corrected chi connectivity index (χ1v) is 8.70. The van der Waals surface area contributed by atoms with Crippen LogP contribution in [-0.2, 0) is 14.2 Å². The third kappa shape index (κ3) is 7.28. The lowest BCUT2D eigenvalue weighted by Gasteiger charge is -2.25. The predicted molar refractivity (Wildman–Crippen MR) is 107 cm³/mol. The molecule has 1 aromatic heterocycles. The molecule has 0 saturated heterocycles. The zero-order chi connectivity index (χ0) is 21.1. The number of alkyl carbamates (subject to hydrolysis) is 2. The number of carbonyl (C=O) groups is 3. The number of pyridine rings is 1. The number of esters is 1. The van der Waals surface area contributed by atoms with Gasteiger partial charge in [0.05, 0.1) is 25.9 Å². The second-order valence-electron chi connectivity index (χ2n) is 4.67. The Balaban J connectivity index is 3.01. The van der Waals surface area contributed by atoms with E-state index in [9.17, 15) is 14.4 Å². The quantitative estimate of drug-likeness (QED) is 0.276. The van der Waals surface area contributed by atoms with E-state index in [1.54, 1.807) is 13.8 Å². The number of rotatable bonds is 4. The van der Waals surface area contributed by atoms with E-state index < -0.39 is 18.2 Å². The van der Waals surface area contributed by atoms with Crippen LogP contribution in [0.4, 0.5) is 15.4 Å². The number of aromatic nitrogens is 1. The van der Waals surface area contributed by atoms with Crippen molar-refractivity contribution in [3.63, 3.8) is 0 Å². The van der Waals surface area contributed by atoms with Crippen LogP contribution in [0, 0.1) is 0 Å². The largest absolute Gasteiger partial charge is 0.465 e. The summed E-state index contributed by atoms with van der Waals surface area (Å²) < 4.78 is 14.1. The molecule has 0 radical (unpaired) electrons. The number of ether oxygens (including phenoxy) is 3. The third-order valence-corrected chi connectivity index (χ3v) is 3.27. The summed E-state index contributed by atoms with van der Waals surface area (Å²) in [5.41, 5.74) is 2.79. The Hall–Kier alpha value is -3.06. The van der Waals surface area contributed by atoms with Crippen molar-refractivity contribution >= 4 is 58.6 Å². The summed E-state index contributed by atoms with van der Waals surface area (Å²) in [6, 6.07) is 2.85. The van der Waals surface area contributed by atoms with Crippen molar-refractivity contribution in [1.29, 1.82) is 0 Å². The normalized spacial score (nSPS) is 9.54. The zero-order valence-corrected chi connectivity index (χ0v) is 16.9. The van der Waals surface area contributed by atoms with Crippen LogP contribution in [0.15, 0.2) is 18.3 Å². The van der Waals surface area contributed by atoms with E-state index in [2.05, 4.69) is 25.8 Å². The van der Waals surface area contributed by atoms with E-state index in [4.69, 9.17) is 33.9 Å². The molecular formula is C15H19N5O6S2. The first-order chi connectivity index (χ1) is 13.3. The van der Waals surface area contributed by atoms with Crippen molar-refractivity contribution in [2.24, 2.45) is 0 Å². The van der Waals surface area contributed by atoms with Gasteiger partial charge in [-0.05, 0) is 50.4 Å². The minimum absolute atomic E-state index is 0.136. The molecule has 0 aliphatic rings. The Kier molecular flexibility index (Phi) is 9.53. The van der Waals surface area contributed by atoms with Gasteiger partial charge in [-0.25, -0.2) is 24.4 Å². The van der Waals surface area contributed by atoms with Gasteiger partial charge in [0.25, 0.3) is 0 Å². The molecule has 0 aliphatic heterocycles. The van der Waals surface area contributed by atoms with E-state index in [1.807, 2.05) is 0 Å². The van der Waals surface area contributed by atoms with Gasteiger partial charge in [-0.2, -0.15) is 0 Å². The van der Waals surface area contributed by atoms with Crippen molar-refractivity contribution in [2.45, 2.75) is 13.8 Å². The van der Waals surface area contributed by atoms with E-state index in [0.29, 0.717) is 0 Å². The van der Waals surface area contributed by atoms with Gasteiger partial charge in [0.15, 0.2) is 10.9 Å². The Morgan fingerprint density at radius 3 is 2.18 bits per heavy atom. The van der Waals surface area contributed by atoms with Gasteiger partial charge in [-0.1, -0.05) is 0 Å². The van der Waals surface area contributed by atoms with Gasteiger partial charge >= 0.3 is 18.2 Å². The highest BCUT2D eigenvalue weighted by Crippen LogP contribution is 2.11. The molecule has 152 valence electrons. The number of hydrazine groups is 1. The molecule has 28 heavy (non-hydrogen) atoms. The van der Waals surface area contributed by atoms with Gasteiger partial charge in [-0.15, -0.1) is 0 Å². The molecule has 2 amide bonds. The number of hydrogen-bond donors (Lipinski definition) is 3. The van der Waals surface area contributed by atoms with Crippen LogP contribution < -0.4 is 21.1 Å². The number of nitrogens with one attached hydrogen (secondary N) is 3. The van der Waals surface area contributed by atoms with E-state index in [0.717, 1.165) is 5.01 Å². The van der Waals surface area contributed by atoms with Crippen LogP contribution in [0.25, 0.3) is 0 Å². The molecule has 1 heterocycles. The minimum atomic E-state index is -0.797. The summed E-state index contributed by atoms with van der Waals surface area (Å²) in [6.45, 7) is 3.55. The summed E-state index contributed by atoms with van der Waals surface area (Å²) in [5.74, 6) is -0.423. The van der Waals surface area contributed by atoms with E-state index >= 15 is 0 Å². The molecule has 0 aromatic carbocycles. The average Bonchev–Trinajstić information content (AvgIpc) is 2.65. The molecule has 0 saturated carbocycles. The van der Waals surface area contributed by atoms with Crippen molar-refractivity contribution in [3.05, 3.63) is 23.9 Å². The second kappa shape index (κ2) is 11.6. The molecule has 1 rings (SSSR count). The van der Waals surface area contributed by atoms with Gasteiger partial charge in [0, 0.05) is 6.20 Å². The molecule has 13 heteroatoms. The molecule has 0 unspecified atom stereocenters. The van der Waals surface area contributed by atoms with Crippen LogP contribution in [0.3, 0.4) is 0 Å². The number of hydrogen-bond acceptors (Lipinski definition) is 9. The first-order valence-electron chi connectivity index (χ1n) is 7.88. The standard InChI is InChI=1S/C15H19N5O6S2/c1-4-25-14(22)17-12(27)19-20(13(28)18-15(23)26-5-2)10-7-6-9(8-16-10)11(21)24-3/h6-8H,4-5H2,1-3H3,(H,18,23,28)(H2,17,19,22,27). The molecule has 0 aliphatic carbocycles. The number of carbonyl (C=O) groups excluding carboxylic acids is 3. The molecular weight excluding hydrogens is 410 g/mol. The smallest absolute Gasteiger partial charge is 0.413 e. The number of thiocarbonyl (C=S) groups is 2. The lowest BCUT2D eigenvalue weighted by Crippen LogP contribution is -2.55. The van der Waals surface area contributed by atoms with Crippen molar-refractivity contribution in [1.82, 2.24) is 21.0 Å². The number of anilines is 1. The summed E-state index contributed by atoms with van der Waals surface area (Å²) >= 11 is 10.2. The van der Waals surface area contributed by atoms with Crippen LogP contribution in [0.1, 0.15) is 24.2 Å². The predicted octanol–water partition coefficient (Wildman–Crippen LogP) is 1.24. The first kappa shape index (κ1) is 23.0. The van der Waals surface area contributed by atoms with Crippen LogP contribution in [-0.4, -0.2) is 53.7 Å². The highest BCUT2D eigenvalue weighted by Gasteiger charge is 2.19. The Morgan fingerprint density at radius 2 is 1.68 bits per heavy atom. The Morgan fingerprint density at radius 1 is 1.07 bits per heavy atom. The van der Waals surface area contributed by atoms with Crippen molar-refractivity contribution < 1.29 is 28.6 Å². The van der Waals surface area contributed by atoms with Crippen molar-refractivity contribution in [3.8, 4) is 0 Å². The van der Waals surface area contributed by atoms with Gasteiger partial charge in [-0.3, -0.25) is 16.1 Å². The SMILES string of the molecule is CCOC(=O)NC(=S)NN(C(=S)NC(=O)OCC)c1ccc(C(=O)OC)cn1. The van der Waals surface area contributed by atoms with Gasteiger partial charge in [0.2, 0.25) is 5.11 Å². The topological polar surface area (TPSA) is 131 Å². The highest BCUT2D eigenvalue weighted by molar-refractivity contribution is 7.81. The molecule has 11 nitrogen and oxygen atoms in total. The number of amides is 2. The fraction of sp³-hybridized carbons (Fsp3) is 0.333. The molecule has 3 N–H and O–H groups in total. The highest BCUT2D eigenvalue weighted by atomic mass is 32.1. The van der Waals surface area contributed by atoms with E-state index in [1.165, 1.54) is 25.4 Å². The maximum absolute atomic E-state index is 11.6. The molecule has 0 bridgehead atoms. The van der Waals surface area contributed by atoms with Crippen LogP contribution in [0.2, 0.25) is 0 Å². The summed E-state index contributed by atoms with van der Waals surface area (Å²) in [5, 5.41) is 5.32. The molecule has 0 spiro atoms. The maximum Gasteiger partial charge on any atom is 0.413 e. The molecule has 0 atom stereocenters. The van der Waals surface area contributed by atoms with Gasteiger partial charge < -0.3 is 14.2 Å². The molecule has 0 fully saturated rings. The minimum Gasteiger partial charge on any atom is -0.465 e. The third-order valence-electron chi connectivity index (χ3n) is 2.79. The average molecular weight is 429 g/mol. The van der Waals surface area contributed by atoms with E-state index in [-0.39, 0.29) is 34.8 Å². The number of nitrogens with zero attached hydrogens (tertiary/aromatic N) is 2. The summed E-state index contributed by atoms with van der Waals surface area (Å²) in [6.07, 6.45) is -0.335. The summed E-state index contributed by atoms with van der Waals surface area (Å²) in [4.78, 5) is 38.7. The maximum atomic E-state index is 11.6. The lowest BCUT2D eigenvalue weighted by molar-refractivity contribution is 0.0600. The second-order valence-corrected chi connectivity index (χ2v) is 5.46. The van der Waals surface area contributed by atoms with Crippen LogP contribution in [0.5, 0.6) is 0 Å². The zero-order valence-electron chi connectivity index (χ0n) is 15.3. The monoisotopic (exact) mass is 429 g/mol. The fourth-order valence-electron chi connectivity index (χ4n) is 1.67.